The minimum Gasteiger partial charge on any atom is -0.479 e. The normalized spacial score (nSPS) is 16.0. The van der Waals surface area contributed by atoms with E-state index in [4.69, 9.17) is 4.74 Å². The predicted octanol–water partition coefficient (Wildman–Crippen LogP) is 2.06. The maximum absolute atomic E-state index is 14.1. The van der Waals surface area contributed by atoms with Crippen LogP contribution in [0, 0.1) is 20.2 Å². The van der Waals surface area contributed by atoms with Crippen LogP contribution in [0.25, 0.3) is 0 Å². The van der Waals surface area contributed by atoms with Crippen LogP contribution in [-0.2, 0) is 14.3 Å². The zero-order valence-corrected chi connectivity index (χ0v) is 25.3. The quantitative estimate of drug-likeness (QED) is 0.115. The molecule has 0 atom stereocenters. The number of hydrogen-bond acceptors (Lipinski definition) is 7. The molecule has 0 saturated carbocycles. The summed E-state index contributed by atoms with van der Waals surface area (Å²) in [5.41, 5.74) is -2.99. The molecule has 13 heteroatoms. The second-order valence-corrected chi connectivity index (χ2v) is 19.0. The minimum absolute atomic E-state index is 0.188. The van der Waals surface area contributed by atoms with Crippen molar-refractivity contribution in [1.29, 1.82) is 0 Å². The molecule has 0 bridgehead atoms. The molecule has 0 amide bonds. The first-order valence-corrected chi connectivity index (χ1v) is 17.6. The number of nitrogens with zero attached hydrogens (tertiary/aromatic N) is 2. The van der Waals surface area contributed by atoms with E-state index in [1.807, 2.05) is 0 Å². The van der Waals surface area contributed by atoms with Crippen LogP contribution >= 0.6 is 0 Å². The molecule has 0 aliphatic carbocycles. The van der Waals surface area contributed by atoms with Gasteiger partial charge in [-0.25, -0.2) is 9.59 Å². The van der Waals surface area contributed by atoms with Crippen molar-refractivity contribution in [3.63, 3.8) is 0 Å². The maximum Gasteiger partial charge on any atom is 0.499 e. The Balaban J connectivity index is 2.12. The molecule has 0 spiro atoms. The van der Waals surface area contributed by atoms with E-state index in [1.54, 1.807) is 72.8 Å². The number of ether oxygens (including phenoxy) is 1. The van der Waals surface area contributed by atoms with Crippen LogP contribution in [0.5, 0.6) is 0 Å². The fraction of sp³-hybridized carbons (Fsp3) is 0.161. The van der Waals surface area contributed by atoms with E-state index in [2.05, 4.69) is 0 Å². The number of carboxylic acid groups (broad SMARTS) is 2. The Morgan fingerprint density at radius 1 is 0.614 bits per heavy atom. The van der Waals surface area contributed by atoms with Gasteiger partial charge >= 0.3 is 28.4 Å². The molecule has 0 unspecified atom stereocenters. The summed E-state index contributed by atoms with van der Waals surface area (Å²) in [6, 6.07) is 31.7. The monoisotopic (exact) mass is 628 g/mol. The van der Waals surface area contributed by atoms with Gasteiger partial charge in [0.1, 0.15) is 4.66 Å². The third-order valence-electron chi connectivity index (χ3n) is 8.82. The van der Waals surface area contributed by atoms with Crippen molar-refractivity contribution in [2.45, 2.75) is 23.1 Å². The molecule has 1 fully saturated rings. The van der Waals surface area contributed by atoms with Gasteiger partial charge < -0.3 is 14.9 Å². The van der Waals surface area contributed by atoms with Crippen LogP contribution in [0.4, 0.5) is 0 Å². The van der Waals surface area contributed by atoms with Gasteiger partial charge in [0.2, 0.25) is 0 Å². The Morgan fingerprint density at radius 3 is 1.16 bits per heavy atom. The first-order valence-electron chi connectivity index (χ1n) is 13.7. The lowest BCUT2D eigenvalue weighted by Crippen LogP contribution is -2.87. The second kappa shape index (κ2) is 11.6. The summed E-state index contributed by atoms with van der Waals surface area (Å²) < 4.78 is 2.46. The zero-order chi connectivity index (χ0) is 31.6. The van der Waals surface area contributed by atoms with E-state index in [0.717, 1.165) is 0 Å². The topological polar surface area (TPSA) is 170 Å². The Kier molecular flexibility index (Phi) is 8.03. The second-order valence-electron chi connectivity index (χ2n) is 10.7. The van der Waals surface area contributed by atoms with Crippen molar-refractivity contribution in [1.82, 2.24) is 0 Å². The Hall–Kier alpha value is -4.99. The average molecular weight is 629 g/mol. The van der Waals surface area contributed by atoms with Crippen molar-refractivity contribution in [3.8, 4) is 0 Å². The van der Waals surface area contributed by atoms with Gasteiger partial charge in [0, 0.05) is 33.8 Å². The number of benzene rings is 4. The van der Waals surface area contributed by atoms with Crippen LogP contribution in [0.2, 0.25) is 4.66 Å². The third-order valence-corrected chi connectivity index (χ3v) is 20.4. The zero-order valence-electron chi connectivity index (χ0n) is 23.3. The molecule has 0 aromatic heterocycles. The summed E-state index contributed by atoms with van der Waals surface area (Å²) in [6.45, 7) is -0.566. The van der Waals surface area contributed by atoms with Gasteiger partial charge in [0.05, 0.1) is 0 Å². The van der Waals surface area contributed by atoms with Gasteiger partial charge in [-0.1, -0.05) is 121 Å². The maximum atomic E-state index is 14.1. The molecule has 44 heavy (non-hydrogen) atoms. The predicted molar refractivity (Wildman–Crippen MR) is 166 cm³/mol. The summed E-state index contributed by atoms with van der Waals surface area (Å²) in [5.74, 6) is -3.76. The lowest BCUT2D eigenvalue weighted by Gasteiger charge is -2.51. The van der Waals surface area contributed by atoms with Gasteiger partial charge in [0.25, 0.3) is 5.60 Å². The standard InChI is InChI=1S/C31H28N2O9Si2/c34-28(35)31(29(36)37)23-30(21-22-42-31,43(32(38)39,24-13-5-1-6-14-24)25-15-7-2-8-16-25)44(33(40)41,26-17-9-3-10-18-26)27-19-11-4-12-20-27/h1-20H,21-23H2,(H,34,35)(H,36,37). The summed E-state index contributed by atoms with van der Waals surface area (Å²) in [4.78, 5) is 54.1. The Morgan fingerprint density at radius 2 is 0.909 bits per heavy atom. The molecular formula is C31H28N2O9Si2. The Bertz CT molecular complexity index is 1500. The number of rotatable bonds is 10. The van der Waals surface area contributed by atoms with Crippen LogP contribution < -0.4 is 20.7 Å². The fourth-order valence-corrected chi connectivity index (χ4v) is 20.6. The van der Waals surface area contributed by atoms with E-state index < -0.39 is 60.9 Å². The van der Waals surface area contributed by atoms with Gasteiger partial charge in [-0.3, -0.25) is 20.2 Å². The highest BCUT2D eigenvalue weighted by molar-refractivity contribution is 7.15. The van der Waals surface area contributed by atoms with Crippen molar-refractivity contribution in [2.24, 2.45) is 0 Å². The fourth-order valence-electron chi connectivity index (χ4n) is 7.14. The molecule has 2 N–H and O–H groups in total. The van der Waals surface area contributed by atoms with Crippen molar-refractivity contribution >= 4 is 49.2 Å². The number of hydrogen-bond donors (Lipinski definition) is 2. The number of carbonyl (C=O) groups is 2. The summed E-state index contributed by atoms with van der Waals surface area (Å²) in [7, 11) is -9.77. The molecule has 5 rings (SSSR count). The van der Waals surface area contributed by atoms with E-state index in [-0.39, 0.29) is 27.2 Å². The molecule has 0 radical (unpaired) electrons. The number of aliphatic carboxylic acids is 2. The van der Waals surface area contributed by atoms with Gasteiger partial charge in [-0.2, -0.15) is 0 Å². The molecular weight excluding hydrogens is 601 g/mol. The van der Waals surface area contributed by atoms with Gasteiger partial charge in [0.15, 0.2) is 0 Å². The lowest BCUT2D eigenvalue weighted by atomic mass is 9.93. The average Bonchev–Trinajstić information content (AvgIpc) is 3.03. The van der Waals surface area contributed by atoms with E-state index in [0.29, 0.717) is 0 Å². The Labute approximate surface area is 253 Å². The molecule has 1 aliphatic rings. The van der Waals surface area contributed by atoms with Crippen LogP contribution in [0.1, 0.15) is 12.8 Å². The first-order chi connectivity index (χ1) is 21.1. The SMILES string of the molecule is O=C(O)C1(C(=O)O)CC([Si](c2ccccc2)(c2ccccc2)[N+](=O)[O-])([Si](c2ccccc2)(c2ccccc2)[N+](=O)[O-])CCO1. The molecule has 1 heterocycles. The first kappa shape index (κ1) is 30.5. The van der Waals surface area contributed by atoms with E-state index in [1.165, 1.54) is 48.5 Å². The van der Waals surface area contributed by atoms with Crippen LogP contribution in [0.3, 0.4) is 0 Å². The molecule has 1 aliphatic heterocycles. The van der Waals surface area contributed by atoms with Gasteiger partial charge in [-0.05, 0) is 15.6 Å². The summed E-state index contributed by atoms with van der Waals surface area (Å²) in [5, 5.41) is 50.0. The highest BCUT2D eigenvalue weighted by Gasteiger charge is 2.88. The van der Waals surface area contributed by atoms with Crippen molar-refractivity contribution in [2.75, 3.05) is 6.61 Å². The van der Waals surface area contributed by atoms with E-state index in [9.17, 15) is 40.0 Å². The third kappa shape index (κ3) is 4.19. The largest absolute Gasteiger partial charge is 0.499 e. The van der Waals surface area contributed by atoms with Crippen molar-refractivity contribution < 1.29 is 33.7 Å². The van der Waals surface area contributed by atoms with E-state index >= 15 is 0 Å². The van der Waals surface area contributed by atoms with Crippen LogP contribution in [-0.4, -0.2) is 60.0 Å². The smallest absolute Gasteiger partial charge is 0.479 e. The molecule has 224 valence electrons. The van der Waals surface area contributed by atoms with Gasteiger partial charge in [-0.15, -0.1) is 0 Å². The lowest BCUT2D eigenvalue weighted by molar-refractivity contribution is -0.356. The minimum atomic E-state index is -4.88. The molecule has 11 nitrogen and oxygen atoms in total. The highest BCUT2D eigenvalue weighted by Crippen LogP contribution is 2.57. The van der Waals surface area contributed by atoms with Crippen LogP contribution in [0.15, 0.2) is 121 Å². The van der Waals surface area contributed by atoms with Crippen molar-refractivity contribution in [3.05, 3.63) is 142 Å². The number of carboxylic acids is 2. The molecule has 1 saturated heterocycles. The highest BCUT2D eigenvalue weighted by atomic mass is 28.4. The summed E-state index contributed by atoms with van der Waals surface area (Å²) in [6.07, 6.45) is -1.33. The molecule has 4 aromatic carbocycles. The molecule has 4 aromatic rings. The summed E-state index contributed by atoms with van der Waals surface area (Å²) >= 11 is 0. The number of nitro groups is 2.